The Morgan fingerprint density at radius 3 is 2.26 bits per heavy atom. The van der Waals surface area contributed by atoms with Crippen LogP contribution in [0.1, 0.15) is 116 Å². The van der Waals surface area contributed by atoms with Crippen molar-refractivity contribution in [2.45, 2.75) is 116 Å². The van der Waals surface area contributed by atoms with Gasteiger partial charge in [-0.25, -0.2) is 0 Å². The minimum atomic E-state index is -2.92. The lowest BCUT2D eigenvalue weighted by Gasteiger charge is -2.54. The number of aromatic nitrogens is 1. The van der Waals surface area contributed by atoms with Crippen LogP contribution in [0.4, 0.5) is 0 Å². The summed E-state index contributed by atoms with van der Waals surface area (Å²) in [5.74, 6) is -0.860. The monoisotopic (exact) mass is 847 g/mol. The maximum absolute atomic E-state index is 16.1. The van der Waals surface area contributed by atoms with Gasteiger partial charge >= 0.3 is 0 Å². The van der Waals surface area contributed by atoms with Gasteiger partial charge in [0, 0.05) is 28.7 Å². The van der Waals surface area contributed by atoms with Crippen molar-refractivity contribution < 1.29 is 37.9 Å². The van der Waals surface area contributed by atoms with E-state index in [-0.39, 0.29) is 47.1 Å². The van der Waals surface area contributed by atoms with Crippen LogP contribution in [0.2, 0.25) is 18.1 Å². The number of aliphatic hydroxyl groups excluding tert-OH is 1. The molecule has 5 atom stereocenters. The number of carbonyl (C=O) groups is 2. The van der Waals surface area contributed by atoms with E-state index in [1.807, 2.05) is 66.7 Å². The molecule has 0 amide bonds. The zero-order valence-electron chi connectivity index (χ0n) is 36.9. The average Bonchev–Trinajstić information content (AvgIpc) is 3.90. The minimum Gasteiger partial charge on any atom is -0.507 e. The molecule has 8 rings (SSSR count). The fourth-order valence-corrected chi connectivity index (χ4v) is 11.3. The predicted octanol–water partition coefficient (Wildman–Crippen LogP) is 9.73. The molecule has 0 unspecified atom stereocenters. The largest absolute Gasteiger partial charge is 0.507 e. The molecule has 1 saturated carbocycles. The molecular weight excluding hydrogens is 787 g/mol. The minimum absolute atomic E-state index is 0.0211. The number of nitrogens with zero attached hydrogens (tertiary/aromatic N) is 2. The highest BCUT2D eigenvalue weighted by atomic mass is 28.4. The zero-order valence-corrected chi connectivity index (χ0v) is 37.9. The van der Waals surface area contributed by atoms with Crippen LogP contribution in [0.3, 0.4) is 0 Å². The van der Waals surface area contributed by atoms with E-state index in [2.05, 4.69) is 63.1 Å². The van der Waals surface area contributed by atoms with Crippen LogP contribution in [-0.4, -0.2) is 67.4 Å². The molecule has 11 nitrogen and oxygen atoms in total. The third-order valence-electron chi connectivity index (χ3n) is 13.9. The van der Waals surface area contributed by atoms with Gasteiger partial charge in [-0.1, -0.05) is 95.3 Å². The third kappa shape index (κ3) is 7.42. The molecule has 1 aromatic heterocycles. The van der Waals surface area contributed by atoms with Crippen molar-refractivity contribution in [1.29, 1.82) is 0 Å². The smallest absolute Gasteiger partial charge is 0.265 e. The summed E-state index contributed by atoms with van der Waals surface area (Å²) in [6.07, 6.45) is 3.58. The van der Waals surface area contributed by atoms with Gasteiger partial charge in [0.25, 0.3) is 5.88 Å². The highest BCUT2D eigenvalue weighted by Gasteiger charge is 2.68. The number of likely N-dealkylation sites (tertiary alicyclic amines) is 1. The molecule has 0 radical (unpaired) electrons. The lowest BCUT2D eigenvalue weighted by molar-refractivity contribution is -0.138. The van der Waals surface area contributed by atoms with Crippen LogP contribution in [0.25, 0.3) is 5.76 Å². The number of ether oxygens (including phenoxy) is 3. The van der Waals surface area contributed by atoms with Crippen molar-refractivity contribution >= 4 is 25.6 Å². The predicted molar refractivity (Wildman–Crippen MR) is 237 cm³/mol. The van der Waals surface area contributed by atoms with E-state index in [0.717, 1.165) is 54.6 Å². The number of rotatable bonds is 14. The Labute approximate surface area is 360 Å². The topological polar surface area (TPSA) is 133 Å². The fraction of sp³-hybridized carbons (Fsp3) is 0.490. The Hall–Kier alpha value is -4.75. The number of methoxy groups -OCH3 is 1. The third-order valence-corrected chi connectivity index (χ3v) is 18.4. The number of nitrogens with one attached hydrogen (secondary N) is 1. The summed E-state index contributed by atoms with van der Waals surface area (Å²) in [5, 5.41) is 20.5. The van der Waals surface area contributed by atoms with Gasteiger partial charge in [0.1, 0.15) is 36.0 Å². The lowest BCUT2D eigenvalue weighted by Crippen LogP contribution is -2.68. The van der Waals surface area contributed by atoms with Gasteiger partial charge in [0.2, 0.25) is 11.6 Å². The van der Waals surface area contributed by atoms with Gasteiger partial charge in [-0.2, -0.15) is 0 Å². The molecule has 4 aliphatic rings. The van der Waals surface area contributed by atoms with Gasteiger partial charge in [-0.3, -0.25) is 14.5 Å². The number of Topliss-reactive ketones (excluding diaryl/α,β-unsaturated/α-hetero) is 2. The van der Waals surface area contributed by atoms with Crippen molar-refractivity contribution in [1.82, 2.24) is 15.4 Å². The molecule has 0 bridgehead atoms. The van der Waals surface area contributed by atoms with Gasteiger partial charge in [0.05, 0.1) is 18.7 Å². The van der Waals surface area contributed by atoms with E-state index >= 15 is 9.59 Å². The molecule has 3 aromatic carbocycles. The van der Waals surface area contributed by atoms with Crippen LogP contribution in [0.5, 0.6) is 17.4 Å². The maximum atomic E-state index is 16.1. The van der Waals surface area contributed by atoms with Crippen molar-refractivity contribution in [2.75, 3.05) is 26.7 Å². The standard InChI is InChI=1S/C49H61N3O8Si/c1-9-23-50-41-35-26-32-25-34-39(37(57-28-30-18-13-11-14-19-30)27-33(43(34)56-6)36-22-17-24-52(36)10-2)42(53)38(32)45(54)49(35,60-61(7,8)48(3,4)5)46(55)40-44(41)59-51-47(40)58-29-31-20-15-12-16-21-31/h11-16,18-21,27,32,35-36,41,50,53H,9-10,17,22-26,28-29H2,1-8H3/t32-,35-,36-,41-,49-/m0/s1. The summed E-state index contributed by atoms with van der Waals surface area (Å²) < 4.78 is 32.7. The van der Waals surface area contributed by atoms with E-state index in [4.69, 9.17) is 23.2 Å². The van der Waals surface area contributed by atoms with Crippen LogP contribution >= 0.6 is 0 Å². The second-order valence-electron chi connectivity index (χ2n) is 18.6. The summed E-state index contributed by atoms with van der Waals surface area (Å²) in [5.41, 5.74) is 2.40. The summed E-state index contributed by atoms with van der Waals surface area (Å²) in [7, 11) is -1.23. The zero-order chi connectivity index (χ0) is 43.3. The number of carbonyl (C=O) groups excluding carboxylic acids is 2. The molecule has 12 heteroatoms. The molecule has 0 spiro atoms. The molecule has 61 heavy (non-hydrogen) atoms. The van der Waals surface area contributed by atoms with Gasteiger partial charge < -0.3 is 33.6 Å². The van der Waals surface area contributed by atoms with E-state index in [1.165, 1.54) is 0 Å². The lowest BCUT2D eigenvalue weighted by atomic mass is 9.57. The summed E-state index contributed by atoms with van der Waals surface area (Å²) >= 11 is 0. The Bertz CT molecular complexity index is 2300. The second kappa shape index (κ2) is 16.8. The first kappa shape index (κ1) is 42.9. The number of benzene rings is 3. The molecule has 2 fully saturated rings. The Morgan fingerprint density at radius 1 is 0.967 bits per heavy atom. The molecule has 1 saturated heterocycles. The number of aliphatic hydroxyl groups is 1. The maximum Gasteiger partial charge on any atom is 0.265 e. The number of ketones is 2. The quantitative estimate of drug-likeness (QED) is 0.0929. The normalized spacial score (nSPS) is 23.9. The van der Waals surface area contributed by atoms with Crippen molar-refractivity contribution in [3.8, 4) is 17.4 Å². The van der Waals surface area contributed by atoms with Gasteiger partial charge in [-0.15, -0.1) is 0 Å². The highest BCUT2D eigenvalue weighted by molar-refractivity contribution is 6.74. The van der Waals surface area contributed by atoms with Crippen molar-refractivity contribution in [2.24, 2.45) is 11.8 Å². The molecule has 324 valence electrons. The van der Waals surface area contributed by atoms with Crippen LogP contribution in [0.15, 0.2) is 76.8 Å². The Balaban J connectivity index is 1.32. The van der Waals surface area contributed by atoms with Crippen LogP contribution < -0.4 is 19.5 Å². The van der Waals surface area contributed by atoms with Crippen LogP contribution in [0, 0.1) is 11.8 Å². The molecule has 2 heterocycles. The number of hydrogen-bond donors (Lipinski definition) is 2. The molecular formula is C49H61N3O8Si. The second-order valence-corrected chi connectivity index (χ2v) is 23.3. The SMILES string of the molecule is CCCN[C@@H]1c2onc(OCc3ccccc3)c2C(=O)[C@@]2(O[Si](C)(C)C(C)(C)C)C(=O)C3=C(O)c4c(OCc5ccccc5)cc([C@@H]5CCCN5CC)c(OC)c4C[C@H]3C[C@@H]12. The molecule has 2 N–H and O–H groups in total. The summed E-state index contributed by atoms with van der Waals surface area (Å²) in [6, 6.07) is 21.0. The van der Waals surface area contributed by atoms with Crippen molar-refractivity contribution in [3.05, 3.63) is 111 Å². The van der Waals surface area contributed by atoms with E-state index in [0.29, 0.717) is 42.2 Å². The molecule has 4 aromatic rings. The van der Waals surface area contributed by atoms with E-state index < -0.39 is 43.4 Å². The molecule has 3 aliphatic carbocycles. The van der Waals surface area contributed by atoms with Gasteiger partial charge in [0.15, 0.2) is 19.7 Å². The fourth-order valence-electron chi connectivity index (χ4n) is 9.88. The number of hydrogen-bond acceptors (Lipinski definition) is 11. The van der Waals surface area contributed by atoms with Crippen LogP contribution in [-0.2, 0) is 28.9 Å². The first-order valence-electron chi connectivity index (χ1n) is 22.0. The summed E-state index contributed by atoms with van der Waals surface area (Å²) in [4.78, 5) is 34.2. The summed E-state index contributed by atoms with van der Waals surface area (Å²) in [6.45, 7) is 17.5. The Morgan fingerprint density at radius 2 is 1.64 bits per heavy atom. The molecule has 1 aliphatic heterocycles. The first-order chi connectivity index (χ1) is 29.2. The van der Waals surface area contributed by atoms with Crippen molar-refractivity contribution in [3.63, 3.8) is 0 Å². The van der Waals surface area contributed by atoms with E-state index in [9.17, 15) is 5.11 Å². The van der Waals surface area contributed by atoms with Gasteiger partial charge in [-0.05, 0) is 98.1 Å². The average molecular weight is 848 g/mol. The first-order valence-corrected chi connectivity index (χ1v) is 24.9. The highest BCUT2D eigenvalue weighted by Crippen LogP contribution is 2.59. The Kier molecular flexibility index (Phi) is 11.9. The van der Waals surface area contributed by atoms with E-state index in [1.54, 1.807) is 7.11 Å². The number of fused-ring (bicyclic) bond motifs is 4.